The Morgan fingerprint density at radius 1 is 1.03 bits per heavy atom. The first kappa shape index (κ1) is 24.3. The van der Waals surface area contributed by atoms with Crippen molar-refractivity contribution < 1.29 is 46.0 Å². The molecular formula is C24H22F5N3O5. The molecule has 0 radical (unpaired) electrons. The molecule has 2 aromatic heterocycles. The Hall–Kier alpha value is -3.00. The number of aliphatic hydroxyl groups is 1. The predicted molar refractivity (Wildman–Crippen MR) is 119 cm³/mol. The number of hydrogen-bond acceptors (Lipinski definition) is 7. The van der Waals surface area contributed by atoms with E-state index in [1.54, 1.807) is 4.90 Å². The van der Waals surface area contributed by atoms with Gasteiger partial charge in [0.15, 0.2) is 6.10 Å². The topological polar surface area (TPSA) is 89.1 Å². The van der Waals surface area contributed by atoms with Crippen LogP contribution in [0.5, 0.6) is 5.88 Å². The summed E-state index contributed by atoms with van der Waals surface area (Å²) in [7, 11) is 0. The Morgan fingerprint density at radius 2 is 1.73 bits per heavy atom. The van der Waals surface area contributed by atoms with Crippen molar-refractivity contribution >= 4 is 16.7 Å². The lowest BCUT2D eigenvalue weighted by atomic mass is 10.1. The molecule has 0 bridgehead atoms. The Kier molecular flexibility index (Phi) is 5.97. The molecule has 3 fully saturated rings. The number of ether oxygens (including phenoxy) is 4. The van der Waals surface area contributed by atoms with Crippen molar-refractivity contribution in [2.75, 3.05) is 44.4 Å². The van der Waals surface area contributed by atoms with Crippen molar-refractivity contribution in [1.82, 2.24) is 9.97 Å². The highest BCUT2D eigenvalue weighted by atomic mass is 19.4. The molecule has 13 heteroatoms. The van der Waals surface area contributed by atoms with Crippen LogP contribution in [0.1, 0.15) is 5.56 Å². The van der Waals surface area contributed by atoms with Crippen LogP contribution in [0.2, 0.25) is 0 Å². The van der Waals surface area contributed by atoms with E-state index in [-0.39, 0.29) is 24.4 Å². The summed E-state index contributed by atoms with van der Waals surface area (Å²) in [5.41, 5.74) is -2.29. The number of aromatic amines is 1. The maximum Gasteiger partial charge on any atom is 0.423 e. The lowest BCUT2D eigenvalue weighted by Gasteiger charge is -2.29. The van der Waals surface area contributed by atoms with Crippen LogP contribution in [-0.4, -0.2) is 79.0 Å². The minimum atomic E-state index is -4.90. The summed E-state index contributed by atoms with van der Waals surface area (Å²) in [6.07, 6.45) is -8.13. The predicted octanol–water partition coefficient (Wildman–Crippen LogP) is 3.27. The molecule has 4 atom stereocenters. The van der Waals surface area contributed by atoms with Gasteiger partial charge in [-0.05, 0) is 24.3 Å². The summed E-state index contributed by atoms with van der Waals surface area (Å²) in [6.45, 7) is 1.66. The van der Waals surface area contributed by atoms with E-state index in [0.29, 0.717) is 32.0 Å². The third-order valence-electron chi connectivity index (χ3n) is 6.80. The highest BCUT2D eigenvalue weighted by molar-refractivity contribution is 5.85. The molecule has 198 valence electrons. The number of nitrogens with zero attached hydrogens (tertiary/aromatic N) is 2. The van der Waals surface area contributed by atoms with Gasteiger partial charge in [0, 0.05) is 18.8 Å². The van der Waals surface area contributed by atoms with Crippen LogP contribution in [0.15, 0.2) is 24.3 Å². The van der Waals surface area contributed by atoms with E-state index in [4.69, 9.17) is 18.9 Å². The fourth-order valence-corrected chi connectivity index (χ4v) is 5.04. The summed E-state index contributed by atoms with van der Waals surface area (Å²) in [5, 5.41) is 9.88. The van der Waals surface area contributed by atoms with Gasteiger partial charge in [0.05, 0.1) is 43.2 Å². The van der Waals surface area contributed by atoms with Crippen LogP contribution in [0.4, 0.5) is 27.6 Å². The molecule has 2 N–H and O–H groups in total. The molecule has 3 aliphatic rings. The number of aromatic nitrogens is 2. The molecule has 8 nitrogen and oxygen atoms in total. The second-order valence-corrected chi connectivity index (χ2v) is 9.12. The van der Waals surface area contributed by atoms with Crippen molar-refractivity contribution in [1.29, 1.82) is 0 Å². The summed E-state index contributed by atoms with van der Waals surface area (Å²) in [6, 6.07) is 4.78. The van der Waals surface area contributed by atoms with Gasteiger partial charge in [-0.25, -0.2) is 13.8 Å². The molecule has 6 rings (SSSR count). The van der Waals surface area contributed by atoms with Crippen molar-refractivity contribution in [3.8, 4) is 17.1 Å². The largest absolute Gasteiger partial charge is 0.470 e. The Balaban J connectivity index is 1.37. The molecule has 5 heterocycles. The Morgan fingerprint density at radius 3 is 2.43 bits per heavy atom. The fraction of sp³-hybridized carbons (Fsp3) is 0.458. The number of morpholine rings is 1. The van der Waals surface area contributed by atoms with Crippen molar-refractivity contribution in [3.63, 3.8) is 0 Å². The van der Waals surface area contributed by atoms with Gasteiger partial charge in [-0.2, -0.15) is 13.2 Å². The zero-order valence-electron chi connectivity index (χ0n) is 19.2. The monoisotopic (exact) mass is 527 g/mol. The van der Waals surface area contributed by atoms with Gasteiger partial charge >= 0.3 is 6.18 Å². The van der Waals surface area contributed by atoms with Crippen LogP contribution >= 0.6 is 0 Å². The van der Waals surface area contributed by atoms with Gasteiger partial charge in [0.25, 0.3) is 0 Å². The standard InChI is InChI=1S/C24H22F5N3O5/c25-12-7-11(32-3-5-34-6-4-32)8-13(26)18(12)14-1-2-15-20(30-14)19(24(27,28)29)23(31-15)37-17-10-36-21-16(33)9-35-22(17)21/h1-2,7-8,16-17,21-22,31,33H,3-6,9-10H2/t16-,17-,21?,22?/m1/s1. The summed E-state index contributed by atoms with van der Waals surface area (Å²) < 4.78 is 94.4. The van der Waals surface area contributed by atoms with Gasteiger partial charge in [-0.1, -0.05) is 0 Å². The van der Waals surface area contributed by atoms with Crippen LogP contribution < -0.4 is 9.64 Å². The van der Waals surface area contributed by atoms with Crippen molar-refractivity contribution in [3.05, 3.63) is 41.5 Å². The van der Waals surface area contributed by atoms with Crippen molar-refractivity contribution in [2.45, 2.75) is 30.6 Å². The van der Waals surface area contributed by atoms with Gasteiger partial charge in [-0.15, -0.1) is 0 Å². The number of benzene rings is 1. The van der Waals surface area contributed by atoms with Gasteiger partial charge in [0.2, 0.25) is 5.88 Å². The van der Waals surface area contributed by atoms with Crippen LogP contribution in [-0.2, 0) is 20.4 Å². The number of fused-ring (bicyclic) bond motifs is 2. The average Bonchev–Trinajstić information content (AvgIpc) is 3.53. The number of pyridine rings is 1. The lowest BCUT2D eigenvalue weighted by molar-refractivity contribution is -0.138. The quantitative estimate of drug-likeness (QED) is 0.504. The summed E-state index contributed by atoms with van der Waals surface area (Å²) in [4.78, 5) is 8.33. The van der Waals surface area contributed by atoms with Gasteiger partial charge in [0.1, 0.15) is 41.0 Å². The number of nitrogens with one attached hydrogen (secondary N) is 1. The molecule has 2 unspecified atom stereocenters. The number of aliphatic hydroxyl groups excluding tert-OH is 1. The number of halogens is 5. The zero-order chi connectivity index (χ0) is 25.9. The molecule has 3 aliphatic heterocycles. The number of anilines is 1. The molecular weight excluding hydrogens is 505 g/mol. The number of H-pyrrole nitrogens is 1. The average molecular weight is 527 g/mol. The molecule has 37 heavy (non-hydrogen) atoms. The van der Waals surface area contributed by atoms with E-state index in [1.165, 1.54) is 12.1 Å². The Labute approximate surface area is 206 Å². The number of hydrogen-bond donors (Lipinski definition) is 2. The van der Waals surface area contributed by atoms with E-state index >= 15 is 8.78 Å². The first-order chi connectivity index (χ1) is 17.7. The number of alkyl halides is 3. The minimum Gasteiger partial charge on any atom is -0.470 e. The molecule has 3 saturated heterocycles. The maximum atomic E-state index is 15.1. The minimum absolute atomic E-state index is 0.0135. The molecule has 3 aromatic rings. The van der Waals surface area contributed by atoms with Gasteiger partial charge < -0.3 is 33.9 Å². The normalized spacial score (nSPS) is 26.2. The first-order valence-corrected chi connectivity index (χ1v) is 11.7. The summed E-state index contributed by atoms with van der Waals surface area (Å²) in [5.74, 6) is -2.50. The molecule has 0 spiro atoms. The van der Waals surface area contributed by atoms with E-state index in [9.17, 15) is 18.3 Å². The highest BCUT2D eigenvalue weighted by Crippen LogP contribution is 2.43. The van der Waals surface area contributed by atoms with Gasteiger partial charge in [-0.3, -0.25) is 0 Å². The second-order valence-electron chi connectivity index (χ2n) is 9.12. The van der Waals surface area contributed by atoms with E-state index < -0.39 is 64.8 Å². The van der Waals surface area contributed by atoms with E-state index in [2.05, 4.69) is 9.97 Å². The smallest absolute Gasteiger partial charge is 0.423 e. The van der Waals surface area contributed by atoms with Crippen LogP contribution in [0, 0.1) is 11.6 Å². The number of rotatable bonds is 4. The third kappa shape index (κ3) is 4.29. The molecule has 1 aromatic carbocycles. The van der Waals surface area contributed by atoms with E-state index in [1.807, 2.05) is 0 Å². The van der Waals surface area contributed by atoms with Crippen LogP contribution in [0.3, 0.4) is 0 Å². The molecule has 0 aliphatic carbocycles. The highest BCUT2D eigenvalue weighted by Gasteiger charge is 2.49. The SMILES string of the molecule is O[C@@H]1COC2C1OC[C@H]2Oc1[nH]c2ccc(-c3c(F)cc(N4CCOCC4)cc3F)nc2c1C(F)(F)F. The van der Waals surface area contributed by atoms with Crippen molar-refractivity contribution in [2.24, 2.45) is 0 Å². The Bertz CT molecular complexity index is 1300. The summed E-state index contributed by atoms with van der Waals surface area (Å²) >= 11 is 0. The van der Waals surface area contributed by atoms with Crippen LogP contribution in [0.25, 0.3) is 22.3 Å². The molecule has 0 saturated carbocycles. The third-order valence-corrected chi connectivity index (χ3v) is 6.80. The maximum absolute atomic E-state index is 15.1. The second kappa shape index (κ2) is 9.08. The first-order valence-electron chi connectivity index (χ1n) is 11.7. The lowest BCUT2D eigenvalue weighted by Crippen LogP contribution is -2.36. The zero-order valence-corrected chi connectivity index (χ0v) is 19.2. The molecule has 0 amide bonds. The van der Waals surface area contributed by atoms with E-state index in [0.717, 1.165) is 12.1 Å². The fourth-order valence-electron chi connectivity index (χ4n) is 5.04.